The smallest absolute Gasteiger partial charge is 0.337 e. The molecule has 0 atom stereocenters. The molecule has 1 aliphatic carbocycles. The van der Waals surface area contributed by atoms with Crippen LogP contribution < -0.4 is 36.1 Å². The van der Waals surface area contributed by atoms with Gasteiger partial charge in [-0.1, -0.05) is 54.0 Å². The van der Waals surface area contributed by atoms with Crippen LogP contribution >= 0.6 is 23.2 Å². The Balaban J connectivity index is 1.09. The van der Waals surface area contributed by atoms with Crippen molar-refractivity contribution in [2.24, 2.45) is 0 Å². The number of aromatic hydroxyl groups is 1. The van der Waals surface area contributed by atoms with Crippen molar-refractivity contribution < 1.29 is 44.0 Å². The molecule has 312 valence electrons. The van der Waals surface area contributed by atoms with E-state index in [4.69, 9.17) is 32.4 Å². The highest BCUT2D eigenvalue weighted by atomic mass is 35.5. The Morgan fingerprint density at radius 1 is 0.823 bits per heavy atom. The van der Waals surface area contributed by atoms with Gasteiger partial charge in [-0.15, -0.1) is 0 Å². The highest BCUT2D eigenvalue weighted by Gasteiger charge is 2.31. The Labute approximate surface area is 362 Å². The fraction of sp³-hybridized carbons (Fsp3) is 0.106. The van der Waals surface area contributed by atoms with Crippen molar-refractivity contribution in [1.29, 1.82) is 0 Å². The molecule has 0 spiro atoms. The van der Waals surface area contributed by atoms with Crippen molar-refractivity contribution in [1.82, 2.24) is 10.6 Å². The third-order valence-electron chi connectivity index (χ3n) is 10.5. The number of carbonyl (C=O) groups is 3. The summed E-state index contributed by atoms with van der Waals surface area (Å²) in [6.07, 6.45) is -1.90. The van der Waals surface area contributed by atoms with Crippen LogP contribution in [0.15, 0.2) is 106 Å². The van der Waals surface area contributed by atoms with Crippen LogP contribution in [0.1, 0.15) is 49.3 Å². The Morgan fingerprint density at radius 2 is 1.60 bits per heavy atom. The molecule has 0 saturated heterocycles. The van der Waals surface area contributed by atoms with Crippen LogP contribution in [0.5, 0.6) is 17.2 Å². The van der Waals surface area contributed by atoms with E-state index >= 15 is 0 Å². The minimum absolute atomic E-state index is 0.0216. The lowest BCUT2D eigenvalue weighted by Crippen LogP contribution is -2.37. The van der Waals surface area contributed by atoms with Crippen LogP contribution in [0, 0.1) is 0 Å². The molecule has 5 aromatic carbocycles. The van der Waals surface area contributed by atoms with Gasteiger partial charge in [0, 0.05) is 88.5 Å². The van der Waals surface area contributed by atoms with Gasteiger partial charge in [0.2, 0.25) is 5.91 Å². The lowest BCUT2D eigenvalue weighted by Gasteiger charge is -2.25. The number of aromatic carboxylic acids is 1. The standard InChI is InChI=1S/C47H35Cl2N3O10/c1-22-4-9-30-35(14-22)61-36-16-24(52(2)3)6-11-31(36)41(30)43-42(47(59)60)34(48)19-33(44(43)49)45(56)51-21-39(55)50-20-23-5-10-27(46(57)58)32(15-23)40-28-12-7-25(53)17-37(28)62-38-18-26(54)8-13-29(38)40/h4-19,46,53,57-58H,1,20-21H2,2-3H3,(H,50,55)(H,51,56)(H,59,60). The predicted octanol–water partition coefficient (Wildman–Crippen LogP) is 6.13. The summed E-state index contributed by atoms with van der Waals surface area (Å²) >= 11 is 13.6. The minimum atomic E-state index is -1.90. The van der Waals surface area contributed by atoms with Crippen LogP contribution in [-0.2, 0) is 11.3 Å². The highest BCUT2D eigenvalue weighted by molar-refractivity contribution is 6.40. The zero-order valence-electron chi connectivity index (χ0n) is 32.9. The molecule has 0 saturated carbocycles. The normalized spacial score (nSPS) is 11.9. The monoisotopic (exact) mass is 871 g/mol. The molecular weight excluding hydrogens is 837 g/mol. The van der Waals surface area contributed by atoms with Crippen molar-refractivity contribution >= 4 is 69.8 Å². The van der Waals surface area contributed by atoms with E-state index in [9.17, 15) is 39.6 Å². The van der Waals surface area contributed by atoms with Crippen LogP contribution in [0.2, 0.25) is 10.0 Å². The van der Waals surface area contributed by atoms with Crippen LogP contribution in [0.4, 0.5) is 5.69 Å². The Morgan fingerprint density at radius 3 is 2.34 bits per heavy atom. The number of aliphatic hydroxyl groups excluding tert-OH is 1. The summed E-state index contributed by atoms with van der Waals surface area (Å²) in [6.45, 7) is 3.42. The SMILES string of the molecule is C=c1ccc2c(c1)Oc1cc(N(C)C)ccc1C=2c1c(Cl)c(C(=O)NCC(=O)NCc2ccc(C(O)O)c(-c3c4ccc(=O)cc-4oc4cc(O)ccc34)c2)cc(Cl)c1C(=O)O. The van der Waals surface area contributed by atoms with Crippen LogP contribution in [0.3, 0.4) is 0 Å². The largest absolute Gasteiger partial charge is 0.508 e. The molecule has 2 heterocycles. The maximum atomic E-state index is 13.8. The highest BCUT2D eigenvalue weighted by Crippen LogP contribution is 2.45. The number of nitrogens with one attached hydrogen (secondary N) is 2. The van der Waals surface area contributed by atoms with Crippen molar-refractivity contribution in [3.05, 3.63) is 161 Å². The molecule has 0 fully saturated rings. The van der Waals surface area contributed by atoms with Gasteiger partial charge in [-0.2, -0.15) is 0 Å². The Bertz CT molecular complexity index is 3180. The summed E-state index contributed by atoms with van der Waals surface area (Å²) in [5, 5.41) is 47.8. The number of carboxylic acid groups (broad SMARTS) is 1. The molecule has 13 nitrogen and oxygen atoms in total. The summed E-state index contributed by atoms with van der Waals surface area (Å²) in [6, 6.07) is 25.1. The van der Waals surface area contributed by atoms with Gasteiger partial charge in [0.15, 0.2) is 11.7 Å². The van der Waals surface area contributed by atoms with E-state index in [1.807, 2.05) is 25.1 Å². The first-order chi connectivity index (χ1) is 29.6. The fourth-order valence-corrected chi connectivity index (χ4v) is 8.14. The first-order valence-electron chi connectivity index (χ1n) is 18.9. The van der Waals surface area contributed by atoms with E-state index in [2.05, 4.69) is 17.2 Å². The number of phenols is 1. The summed E-state index contributed by atoms with van der Waals surface area (Å²) in [4.78, 5) is 54.0. The number of halogens is 2. The van der Waals surface area contributed by atoms with Gasteiger partial charge in [0.25, 0.3) is 5.91 Å². The number of benzene rings is 6. The zero-order chi connectivity index (χ0) is 44.1. The summed E-state index contributed by atoms with van der Waals surface area (Å²) in [5.74, 6) is -1.88. The number of fused-ring (bicyclic) bond motifs is 4. The molecule has 2 amide bonds. The van der Waals surface area contributed by atoms with Crippen molar-refractivity contribution in [3.63, 3.8) is 0 Å². The van der Waals surface area contributed by atoms with Crippen molar-refractivity contribution in [2.45, 2.75) is 12.8 Å². The average Bonchev–Trinajstić information content (AvgIpc) is 3.23. The molecule has 15 heteroatoms. The first-order valence-corrected chi connectivity index (χ1v) is 19.7. The molecule has 8 rings (SSSR count). The van der Waals surface area contributed by atoms with Gasteiger partial charge in [0.1, 0.15) is 28.6 Å². The average molecular weight is 873 g/mol. The van der Waals surface area contributed by atoms with Crippen molar-refractivity contribution in [3.8, 4) is 39.7 Å². The quantitative estimate of drug-likeness (QED) is 0.0683. The second-order valence-electron chi connectivity index (χ2n) is 14.7. The Kier molecular flexibility index (Phi) is 11.0. The van der Waals surface area contributed by atoms with Crippen LogP contribution in [-0.4, -0.2) is 58.8 Å². The number of nitrogens with zero attached hydrogens (tertiary/aromatic N) is 1. The number of amides is 2. The van der Waals surface area contributed by atoms with E-state index < -0.39 is 30.6 Å². The lowest BCUT2D eigenvalue weighted by molar-refractivity contribution is -0.120. The maximum Gasteiger partial charge on any atom is 0.337 e. The topological polar surface area (TPSA) is 199 Å². The molecule has 3 aliphatic rings. The van der Waals surface area contributed by atoms with Gasteiger partial charge in [-0.05, 0) is 70.9 Å². The van der Waals surface area contributed by atoms with E-state index in [-0.39, 0.29) is 61.4 Å². The number of ether oxygens (including phenoxy) is 1. The number of hydrogen-bond acceptors (Lipinski definition) is 10. The number of phenolic OH excluding ortho intramolecular Hbond substituents is 1. The fourth-order valence-electron chi connectivity index (χ4n) is 7.53. The van der Waals surface area contributed by atoms with E-state index in [1.54, 1.807) is 54.6 Å². The number of carboxylic acids is 1. The van der Waals surface area contributed by atoms with Gasteiger partial charge >= 0.3 is 5.97 Å². The van der Waals surface area contributed by atoms with E-state index in [1.165, 1.54) is 30.3 Å². The molecule has 5 aromatic rings. The van der Waals surface area contributed by atoms with Crippen LogP contribution in [0.25, 0.3) is 45.6 Å². The molecule has 0 bridgehead atoms. The van der Waals surface area contributed by atoms with Gasteiger partial charge in [0.05, 0.1) is 27.7 Å². The third-order valence-corrected chi connectivity index (χ3v) is 11.1. The molecular formula is C47H35Cl2N3O10. The number of hydrogen-bond donors (Lipinski definition) is 6. The van der Waals surface area contributed by atoms with E-state index in [0.29, 0.717) is 60.7 Å². The second-order valence-corrected chi connectivity index (χ2v) is 15.5. The molecule has 6 N–H and O–H groups in total. The summed E-state index contributed by atoms with van der Waals surface area (Å²) < 4.78 is 12.2. The molecule has 0 radical (unpaired) electrons. The molecule has 62 heavy (non-hydrogen) atoms. The number of rotatable bonds is 10. The zero-order valence-corrected chi connectivity index (χ0v) is 34.4. The maximum absolute atomic E-state index is 13.8. The second kappa shape index (κ2) is 16.4. The Hall–Kier alpha value is -7.16. The number of anilines is 1. The van der Waals surface area contributed by atoms with Gasteiger partial charge in [-0.3, -0.25) is 14.4 Å². The third kappa shape index (κ3) is 7.70. The number of aliphatic hydroxyl groups is 2. The minimum Gasteiger partial charge on any atom is -0.508 e. The number of carbonyl (C=O) groups excluding carboxylic acids is 2. The molecule has 0 unspecified atom stereocenters. The summed E-state index contributed by atoms with van der Waals surface area (Å²) in [5.41, 5.74) is 3.05. The molecule has 0 aromatic heterocycles. The lowest BCUT2D eigenvalue weighted by atomic mass is 9.88. The van der Waals surface area contributed by atoms with Gasteiger partial charge in [-0.25, -0.2) is 4.79 Å². The summed E-state index contributed by atoms with van der Waals surface area (Å²) in [7, 11) is 3.73. The predicted molar refractivity (Wildman–Crippen MR) is 235 cm³/mol. The van der Waals surface area contributed by atoms with E-state index in [0.717, 1.165) is 11.8 Å². The van der Waals surface area contributed by atoms with Gasteiger partial charge < -0.3 is 45.1 Å². The molecule has 2 aliphatic heterocycles. The van der Waals surface area contributed by atoms with Crippen molar-refractivity contribution in [2.75, 3.05) is 25.5 Å². The first kappa shape index (κ1) is 41.6.